The van der Waals surface area contributed by atoms with Crippen LogP contribution in [0.3, 0.4) is 0 Å². The highest BCUT2D eigenvalue weighted by Gasteiger charge is 2.30. The molecule has 1 aromatic carbocycles. The number of nitrogens with zero attached hydrogens (tertiary/aromatic N) is 1. The number of nitrogens with one attached hydrogen (secondary N) is 4. The van der Waals surface area contributed by atoms with E-state index in [0.29, 0.717) is 12.4 Å². The molecule has 2 atom stereocenters. The third-order valence-corrected chi connectivity index (χ3v) is 3.48. The summed E-state index contributed by atoms with van der Waals surface area (Å²) in [5.74, 6) is 1.15. The molecule has 110 valence electrons. The van der Waals surface area contributed by atoms with E-state index in [1.54, 1.807) is 19.5 Å². The number of aromatic nitrogens is 2. The molecule has 0 radical (unpaired) electrons. The SMILES string of the molecule is COc1ccc(C2CC(C(=O)Nc3ncc[nH]3)NN2)cc1. The highest BCUT2D eigenvalue weighted by Crippen LogP contribution is 2.24. The van der Waals surface area contributed by atoms with Crippen molar-refractivity contribution in [2.75, 3.05) is 12.4 Å². The molecule has 0 bridgehead atoms. The molecule has 1 saturated heterocycles. The second-order valence-corrected chi connectivity index (χ2v) is 4.83. The fourth-order valence-electron chi connectivity index (χ4n) is 2.32. The van der Waals surface area contributed by atoms with Gasteiger partial charge >= 0.3 is 0 Å². The fraction of sp³-hybridized carbons (Fsp3) is 0.286. The number of carbonyl (C=O) groups is 1. The first-order chi connectivity index (χ1) is 10.3. The topological polar surface area (TPSA) is 91.1 Å². The number of rotatable bonds is 4. The van der Waals surface area contributed by atoms with Gasteiger partial charge in [-0.15, -0.1) is 0 Å². The van der Waals surface area contributed by atoms with Gasteiger partial charge in [-0.25, -0.2) is 15.8 Å². The maximum absolute atomic E-state index is 12.1. The highest BCUT2D eigenvalue weighted by atomic mass is 16.5. The van der Waals surface area contributed by atoms with Gasteiger partial charge in [-0.05, 0) is 24.1 Å². The van der Waals surface area contributed by atoms with Crippen LogP contribution >= 0.6 is 0 Å². The van der Waals surface area contributed by atoms with Gasteiger partial charge in [0, 0.05) is 18.4 Å². The van der Waals surface area contributed by atoms with Crippen LogP contribution in [0.2, 0.25) is 0 Å². The normalized spacial score (nSPS) is 21.2. The molecule has 3 rings (SSSR count). The number of hydrogen-bond donors (Lipinski definition) is 4. The van der Waals surface area contributed by atoms with Crippen molar-refractivity contribution in [1.29, 1.82) is 0 Å². The molecule has 7 heteroatoms. The van der Waals surface area contributed by atoms with Crippen molar-refractivity contribution in [3.8, 4) is 5.75 Å². The van der Waals surface area contributed by atoms with E-state index in [-0.39, 0.29) is 18.0 Å². The van der Waals surface area contributed by atoms with Crippen LogP contribution in [0.15, 0.2) is 36.7 Å². The quantitative estimate of drug-likeness (QED) is 0.672. The van der Waals surface area contributed by atoms with Gasteiger partial charge in [0.1, 0.15) is 11.8 Å². The number of imidazole rings is 1. The standard InChI is InChI=1S/C14H17N5O2/c1-21-10-4-2-9(3-5-10)11-8-12(19-18-11)13(20)17-14-15-6-7-16-14/h2-7,11-12,18-19H,8H2,1H3,(H2,15,16,17,20). The molecular weight excluding hydrogens is 270 g/mol. The van der Waals surface area contributed by atoms with E-state index in [0.717, 1.165) is 11.3 Å². The van der Waals surface area contributed by atoms with Gasteiger partial charge in [0.25, 0.3) is 0 Å². The molecular formula is C14H17N5O2. The number of amides is 1. The van der Waals surface area contributed by atoms with E-state index < -0.39 is 0 Å². The van der Waals surface area contributed by atoms with Crippen LogP contribution < -0.4 is 20.9 Å². The highest BCUT2D eigenvalue weighted by molar-refractivity contribution is 5.93. The second kappa shape index (κ2) is 5.94. The third kappa shape index (κ3) is 3.04. The molecule has 4 N–H and O–H groups in total. The van der Waals surface area contributed by atoms with Crippen LogP contribution in [0.1, 0.15) is 18.0 Å². The van der Waals surface area contributed by atoms with Crippen molar-refractivity contribution in [1.82, 2.24) is 20.8 Å². The molecule has 2 heterocycles. The first-order valence-corrected chi connectivity index (χ1v) is 6.71. The lowest BCUT2D eigenvalue weighted by Crippen LogP contribution is -2.39. The predicted octanol–water partition coefficient (Wildman–Crippen LogP) is 0.965. The second-order valence-electron chi connectivity index (χ2n) is 4.83. The molecule has 2 aromatic rings. The van der Waals surface area contributed by atoms with E-state index in [9.17, 15) is 4.79 Å². The Morgan fingerprint density at radius 1 is 1.33 bits per heavy atom. The molecule has 0 aliphatic carbocycles. The van der Waals surface area contributed by atoms with Crippen molar-refractivity contribution in [3.63, 3.8) is 0 Å². The average Bonchev–Trinajstić information content (AvgIpc) is 3.18. The maximum Gasteiger partial charge on any atom is 0.245 e. The van der Waals surface area contributed by atoms with Crippen LogP contribution in [-0.4, -0.2) is 29.0 Å². The minimum absolute atomic E-state index is 0.0863. The molecule has 21 heavy (non-hydrogen) atoms. The molecule has 1 aliphatic rings. The zero-order chi connectivity index (χ0) is 14.7. The average molecular weight is 287 g/mol. The van der Waals surface area contributed by atoms with Crippen LogP contribution in [0.25, 0.3) is 0 Å². The molecule has 7 nitrogen and oxygen atoms in total. The zero-order valence-electron chi connectivity index (χ0n) is 11.6. The van der Waals surface area contributed by atoms with Crippen molar-refractivity contribution in [2.24, 2.45) is 0 Å². The predicted molar refractivity (Wildman–Crippen MR) is 77.6 cm³/mol. The van der Waals surface area contributed by atoms with E-state index in [1.165, 1.54) is 0 Å². The van der Waals surface area contributed by atoms with E-state index in [1.807, 2.05) is 24.3 Å². The first-order valence-electron chi connectivity index (χ1n) is 6.71. The molecule has 0 spiro atoms. The van der Waals surface area contributed by atoms with Gasteiger partial charge in [0.2, 0.25) is 11.9 Å². The summed E-state index contributed by atoms with van der Waals surface area (Å²) in [5.41, 5.74) is 7.26. The largest absolute Gasteiger partial charge is 0.497 e. The Balaban J connectivity index is 1.60. The van der Waals surface area contributed by atoms with Gasteiger partial charge in [0.05, 0.1) is 7.11 Å². The lowest BCUT2D eigenvalue weighted by molar-refractivity contribution is -0.117. The van der Waals surface area contributed by atoms with Crippen molar-refractivity contribution in [2.45, 2.75) is 18.5 Å². The minimum atomic E-state index is -0.304. The monoisotopic (exact) mass is 287 g/mol. The number of methoxy groups -OCH3 is 1. The third-order valence-electron chi connectivity index (χ3n) is 3.48. The maximum atomic E-state index is 12.1. The van der Waals surface area contributed by atoms with Crippen LogP contribution in [0.4, 0.5) is 5.95 Å². The first kappa shape index (κ1) is 13.6. The van der Waals surface area contributed by atoms with E-state index in [2.05, 4.69) is 26.1 Å². The lowest BCUT2D eigenvalue weighted by Gasteiger charge is -2.10. The summed E-state index contributed by atoms with van der Waals surface area (Å²) >= 11 is 0. The van der Waals surface area contributed by atoms with Crippen molar-refractivity contribution in [3.05, 3.63) is 42.2 Å². The summed E-state index contributed by atoms with van der Waals surface area (Å²) in [4.78, 5) is 18.9. The smallest absolute Gasteiger partial charge is 0.245 e. The number of hydrogen-bond acceptors (Lipinski definition) is 5. The Morgan fingerprint density at radius 2 is 2.14 bits per heavy atom. The van der Waals surface area contributed by atoms with E-state index in [4.69, 9.17) is 4.74 Å². The number of aromatic amines is 1. The minimum Gasteiger partial charge on any atom is -0.497 e. The van der Waals surface area contributed by atoms with Crippen LogP contribution in [-0.2, 0) is 4.79 Å². The Hall–Kier alpha value is -2.38. The molecule has 1 aliphatic heterocycles. The molecule has 1 aromatic heterocycles. The Labute approximate surface area is 122 Å². The number of hydrazine groups is 1. The van der Waals surface area contributed by atoms with Crippen molar-refractivity contribution < 1.29 is 9.53 Å². The molecule has 0 saturated carbocycles. The van der Waals surface area contributed by atoms with Crippen LogP contribution in [0, 0.1) is 0 Å². The summed E-state index contributed by atoms with van der Waals surface area (Å²) in [7, 11) is 1.64. The number of benzene rings is 1. The van der Waals surface area contributed by atoms with Gasteiger partial charge < -0.3 is 9.72 Å². The number of anilines is 1. The summed E-state index contributed by atoms with van der Waals surface area (Å²) in [5, 5.41) is 2.73. The number of H-pyrrole nitrogens is 1. The van der Waals surface area contributed by atoms with Gasteiger partial charge in [-0.2, -0.15) is 0 Å². The Kier molecular flexibility index (Phi) is 3.85. The van der Waals surface area contributed by atoms with Gasteiger partial charge in [-0.1, -0.05) is 12.1 Å². The Bertz CT molecular complexity index is 596. The number of carbonyl (C=O) groups excluding carboxylic acids is 1. The lowest BCUT2D eigenvalue weighted by atomic mass is 10.0. The number of ether oxygens (including phenoxy) is 1. The Morgan fingerprint density at radius 3 is 2.81 bits per heavy atom. The van der Waals surface area contributed by atoms with Gasteiger partial charge in [-0.3, -0.25) is 10.1 Å². The summed E-state index contributed by atoms with van der Waals surface area (Å²) in [6, 6.07) is 7.58. The van der Waals surface area contributed by atoms with Crippen LogP contribution in [0.5, 0.6) is 5.75 Å². The zero-order valence-corrected chi connectivity index (χ0v) is 11.6. The molecule has 1 amide bonds. The summed E-state index contributed by atoms with van der Waals surface area (Å²) in [6.07, 6.45) is 3.92. The fourth-order valence-corrected chi connectivity index (χ4v) is 2.32. The van der Waals surface area contributed by atoms with E-state index >= 15 is 0 Å². The van der Waals surface area contributed by atoms with Gasteiger partial charge in [0.15, 0.2) is 0 Å². The molecule has 2 unspecified atom stereocenters. The molecule has 1 fully saturated rings. The summed E-state index contributed by atoms with van der Waals surface area (Å²) in [6.45, 7) is 0. The van der Waals surface area contributed by atoms with Crippen molar-refractivity contribution >= 4 is 11.9 Å². The summed E-state index contributed by atoms with van der Waals surface area (Å²) < 4.78 is 5.14.